The molecule has 1 saturated heterocycles. The van der Waals surface area contributed by atoms with E-state index in [1.165, 1.54) is 0 Å². The highest BCUT2D eigenvalue weighted by Crippen LogP contribution is 2.25. The van der Waals surface area contributed by atoms with Crippen LogP contribution in [0.25, 0.3) is 0 Å². The number of likely N-dealkylation sites (N-methyl/N-ethyl adjacent to an activating group) is 1. The van der Waals surface area contributed by atoms with Crippen molar-refractivity contribution in [2.75, 3.05) is 27.2 Å². The monoisotopic (exact) mass is 222 g/mol. The molecule has 4 nitrogen and oxygen atoms in total. The van der Waals surface area contributed by atoms with Gasteiger partial charge in [-0.3, -0.25) is 0 Å². The van der Waals surface area contributed by atoms with Gasteiger partial charge in [-0.1, -0.05) is 0 Å². The van der Waals surface area contributed by atoms with Crippen LogP contribution < -0.4 is 4.74 Å². The summed E-state index contributed by atoms with van der Waals surface area (Å²) in [5.74, 6) is 0.641. The normalized spacial score (nSPS) is 26.7. The SMILES string of the molecule is COc1cc([C@H]2CN(C)C[C@@H](C)O2)ccn1. The summed E-state index contributed by atoms with van der Waals surface area (Å²) >= 11 is 0. The molecule has 1 aromatic heterocycles. The molecule has 0 amide bonds. The third kappa shape index (κ3) is 2.51. The van der Waals surface area contributed by atoms with Crippen LogP contribution >= 0.6 is 0 Å². The Hall–Kier alpha value is -1.13. The number of ether oxygens (including phenoxy) is 2. The molecule has 0 unspecified atom stereocenters. The first-order chi connectivity index (χ1) is 7.69. The molecule has 4 heteroatoms. The second-order valence-electron chi connectivity index (χ2n) is 4.29. The molecule has 16 heavy (non-hydrogen) atoms. The number of nitrogens with zero attached hydrogens (tertiary/aromatic N) is 2. The lowest BCUT2D eigenvalue weighted by atomic mass is 10.1. The molecule has 0 spiro atoms. The molecule has 0 bridgehead atoms. The predicted molar refractivity (Wildman–Crippen MR) is 61.6 cm³/mol. The first-order valence-electron chi connectivity index (χ1n) is 5.53. The van der Waals surface area contributed by atoms with E-state index in [0.29, 0.717) is 5.88 Å². The van der Waals surface area contributed by atoms with Gasteiger partial charge in [0.05, 0.1) is 19.3 Å². The van der Waals surface area contributed by atoms with E-state index in [1.54, 1.807) is 13.3 Å². The smallest absolute Gasteiger partial charge is 0.213 e. The van der Waals surface area contributed by atoms with Gasteiger partial charge in [-0.05, 0) is 25.6 Å². The quantitative estimate of drug-likeness (QED) is 0.759. The number of morpholine rings is 1. The first-order valence-corrected chi connectivity index (χ1v) is 5.53. The van der Waals surface area contributed by atoms with Gasteiger partial charge in [-0.25, -0.2) is 4.98 Å². The van der Waals surface area contributed by atoms with E-state index in [0.717, 1.165) is 18.7 Å². The molecule has 2 heterocycles. The van der Waals surface area contributed by atoms with E-state index in [9.17, 15) is 0 Å². The fourth-order valence-electron chi connectivity index (χ4n) is 2.08. The van der Waals surface area contributed by atoms with Gasteiger partial charge in [0.1, 0.15) is 0 Å². The van der Waals surface area contributed by atoms with Gasteiger partial charge in [0.2, 0.25) is 5.88 Å². The predicted octanol–water partition coefficient (Wildman–Crippen LogP) is 1.48. The van der Waals surface area contributed by atoms with Crippen LogP contribution in [-0.4, -0.2) is 43.2 Å². The minimum atomic E-state index is 0.116. The van der Waals surface area contributed by atoms with Crippen LogP contribution in [0.3, 0.4) is 0 Å². The van der Waals surface area contributed by atoms with Crippen LogP contribution in [0.2, 0.25) is 0 Å². The molecule has 0 N–H and O–H groups in total. The van der Waals surface area contributed by atoms with Gasteiger partial charge in [-0.2, -0.15) is 0 Å². The van der Waals surface area contributed by atoms with Crippen LogP contribution in [0.15, 0.2) is 18.3 Å². The maximum absolute atomic E-state index is 5.92. The summed E-state index contributed by atoms with van der Waals surface area (Å²) < 4.78 is 11.0. The van der Waals surface area contributed by atoms with Gasteiger partial charge >= 0.3 is 0 Å². The van der Waals surface area contributed by atoms with Crippen molar-refractivity contribution in [3.05, 3.63) is 23.9 Å². The Morgan fingerprint density at radius 2 is 2.31 bits per heavy atom. The van der Waals surface area contributed by atoms with Crippen molar-refractivity contribution in [3.63, 3.8) is 0 Å². The molecule has 0 radical (unpaired) electrons. The highest BCUT2D eigenvalue weighted by atomic mass is 16.5. The van der Waals surface area contributed by atoms with Crippen LogP contribution in [-0.2, 0) is 4.74 Å². The molecule has 1 aliphatic rings. The third-order valence-corrected chi connectivity index (χ3v) is 2.78. The van der Waals surface area contributed by atoms with E-state index in [1.807, 2.05) is 12.1 Å². The van der Waals surface area contributed by atoms with Crippen LogP contribution in [0.4, 0.5) is 0 Å². The summed E-state index contributed by atoms with van der Waals surface area (Å²) in [5, 5.41) is 0. The van der Waals surface area contributed by atoms with Crippen molar-refractivity contribution in [1.82, 2.24) is 9.88 Å². The second-order valence-corrected chi connectivity index (χ2v) is 4.29. The largest absolute Gasteiger partial charge is 0.481 e. The molecule has 2 rings (SSSR count). The average Bonchev–Trinajstić information content (AvgIpc) is 2.28. The summed E-state index contributed by atoms with van der Waals surface area (Å²) in [5.41, 5.74) is 1.13. The molecular weight excluding hydrogens is 204 g/mol. The van der Waals surface area contributed by atoms with Crippen molar-refractivity contribution in [2.24, 2.45) is 0 Å². The lowest BCUT2D eigenvalue weighted by Gasteiger charge is -2.34. The molecular formula is C12H18N2O2. The number of rotatable bonds is 2. The molecule has 0 aromatic carbocycles. The standard InChI is InChI=1S/C12H18N2O2/c1-9-7-14(2)8-11(16-9)10-4-5-13-12(6-10)15-3/h4-6,9,11H,7-8H2,1-3H3/t9-,11-/m1/s1. The van der Waals surface area contributed by atoms with Crippen LogP contribution in [0.1, 0.15) is 18.6 Å². The van der Waals surface area contributed by atoms with Crippen molar-refractivity contribution < 1.29 is 9.47 Å². The van der Waals surface area contributed by atoms with Crippen LogP contribution in [0, 0.1) is 0 Å². The Labute approximate surface area is 96.2 Å². The van der Waals surface area contributed by atoms with Crippen molar-refractivity contribution in [3.8, 4) is 5.88 Å². The molecule has 88 valence electrons. The Balaban J connectivity index is 2.16. The third-order valence-electron chi connectivity index (χ3n) is 2.78. The summed E-state index contributed by atoms with van der Waals surface area (Å²) in [4.78, 5) is 6.38. The number of hydrogen-bond donors (Lipinski definition) is 0. The van der Waals surface area contributed by atoms with E-state index >= 15 is 0 Å². The molecule has 2 atom stereocenters. The van der Waals surface area contributed by atoms with E-state index < -0.39 is 0 Å². The number of pyridine rings is 1. The molecule has 1 fully saturated rings. The van der Waals surface area contributed by atoms with E-state index in [4.69, 9.17) is 9.47 Å². The topological polar surface area (TPSA) is 34.6 Å². The van der Waals surface area contributed by atoms with Crippen molar-refractivity contribution in [2.45, 2.75) is 19.1 Å². The zero-order valence-electron chi connectivity index (χ0n) is 10.0. The summed E-state index contributed by atoms with van der Waals surface area (Å²) in [6.07, 6.45) is 2.14. The zero-order valence-corrected chi connectivity index (χ0v) is 10.0. The van der Waals surface area contributed by atoms with E-state index in [2.05, 4.69) is 23.9 Å². The highest BCUT2D eigenvalue weighted by Gasteiger charge is 2.24. The lowest BCUT2D eigenvalue weighted by Crippen LogP contribution is -2.40. The highest BCUT2D eigenvalue weighted by molar-refractivity contribution is 5.23. The first kappa shape index (κ1) is 11.4. The van der Waals surface area contributed by atoms with Gasteiger partial charge in [0.25, 0.3) is 0 Å². The summed E-state index contributed by atoms with van der Waals surface area (Å²) in [6, 6.07) is 3.93. The number of aromatic nitrogens is 1. The Bertz CT molecular complexity index is 347. The summed E-state index contributed by atoms with van der Waals surface area (Å²) in [7, 11) is 3.74. The fourth-order valence-corrected chi connectivity index (χ4v) is 2.08. The van der Waals surface area contributed by atoms with Gasteiger partial charge in [-0.15, -0.1) is 0 Å². The Morgan fingerprint density at radius 3 is 3.00 bits per heavy atom. The second kappa shape index (κ2) is 4.80. The average molecular weight is 222 g/mol. The summed E-state index contributed by atoms with van der Waals surface area (Å²) in [6.45, 7) is 4.00. The Kier molecular flexibility index (Phi) is 3.41. The van der Waals surface area contributed by atoms with Crippen molar-refractivity contribution >= 4 is 0 Å². The van der Waals surface area contributed by atoms with Gasteiger partial charge in [0.15, 0.2) is 0 Å². The number of methoxy groups -OCH3 is 1. The van der Waals surface area contributed by atoms with Gasteiger partial charge in [0, 0.05) is 25.4 Å². The number of hydrogen-bond acceptors (Lipinski definition) is 4. The molecule has 0 aliphatic carbocycles. The molecule has 1 aromatic rings. The maximum Gasteiger partial charge on any atom is 0.213 e. The zero-order chi connectivity index (χ0) is 11.5. The lowest BCUT2D eigenvalue weighted by molar-refractivity contribution is -0.0716. The maximum atomic E-state index is 5.92. The van der Waals surface area contributed by atoms with Gasteiger partial charge < -0.3 is 14.4 Å². The van der Waals surface area contributed by atoms with E-state index in [-0.39, 0.29) is 12.2 Å². The fraction of sp³-hybridized carbons (Fsp3) is 0.583. The Morgan fingerprint density at radius 1 is 1.50 bits per heavy atom. The van der Waals surface area contributed by atoms with Crippen LogP contribution in [0.5, 0.6) is 5.88 Å². The minimum Gasteiger partial charge on any atom is -0.481 e. The molecule has 1 aliphatic heterocycles. The minimum absolute atomic E-state index is 0.116. The van der Waals surface area contributed by atoms with Crippen molar-refractivity contribution in [1.29, 1.82) is 0 Å². The molecule has 0 saturated carbocycles.